The lowest BCUT2D eigenvalue weighted by molar-refractivity contribution is 0.0695. The molecular formula is C11H14N2O3. The van der Waals surface area contributed by atoms with Crippen molar-refractivity contribution in [3.63, 3.8) is 0 Å². The molecule has 0 atom stereocenters. The van der Waals surface area contributed by atoms with Gasteiger partial charge in [0, 0.05) is 12.7 Å². The molecule has 0 spiro atoms. The van der Waals surface area contributed by atoms with Crippen molar-refractivity contribution in [1.82, 2.24) is 10.3 Å². The van der Waals surface area contributed by atoms with Crippen LogP contribution in [0.5, 0.6) is 0 Å². The van der Waals surface area contributed by atoms with Gasteiger partial charge in [0.15, 0.2) is 0 Å². The molecule has 86 valence electrons. The third-order valence-corrected chi connectivity index (χ3v) is 2.06. The van der Waals surface area contributed by atoms with Crippen molar-refractivity contribution in [3.8, 4) is 0 Å². The standard InChI is InChI=1S/C11H14N2O3/c1-2-3-6-12-10(14)9-5-4-8(7-13-9)11(15)16/h4-5,7H,2-3,6H2,1H3,(H,12,14)(H,15,16). The fraction of sp³-hybridized carbons (Fsp3) is 0.364. The largest absolute Gasteiger partial charge is 0.478 e. The van der Waals surface area contributed by atoms with Crippen molar-refractivity contribution in [2.75, 3.05) is 6.54 Å². The number of hydrogen-bond acceptors (Lipinski definition) is 3. The van der Waals surface area contributed by atoms with Gasteiger partial charge < -0.3 is 10.4 Å². The van der Waals surface area contributed by atoms with Gasteiger partial charge in [0.1, 0.15) is 5.69 Å². The summed E-state index contributed by atoms with van der Waals surface area (Å²) >= 11 is 0. The molecule has 1 aromatic rings. The average Bonchev–Trinajstić information content (AvgIpc) is 2.29. The van der Waals surface area contributed by atoms with E-state index < -0.39 is 5.97 Å². The number of carboxylic acids is 1. The molecule has 0 unspecified atom stereocenters. The molecule has 5 heteroatoms. The maximum Gasteiger partial charge on any atom is 0.337 e. The Morgan fingerprint density at radius 2 is 2.19 bits per heavy atom. The van der Waals surface area contributed by atoms with Crippen molar-refractivity contribution in [1.29, 1.82) is 0 Å². The second-order valence-electron chi connectivity index (χ2n) is 3.35. The zero-order chi connectivity index (χ0) is 12.0. The number of nitrogens with one attached hydrogen (secondary N) is 1. The summed E-state index contributed by atoms with van der Waals surface area (Å²) in [5.41, 5.74) is 0.311. The predicted octanol–water partition coefficient (Wildman–Crippen LogP) is 1.31. The van der Waals surface area contributed by atoms with Crippen LogP contribution in [0.15, 0.2) is 18.3 Å². The number of unbranched alkanes of at least 4 members (excludes halogenated alkanes) is 1. The molecule has 2 N–H and O–H groups in total. The molecule has 0 radical (unpaired) electrons. The smallest absolute Gasteiger partial charge is 0.337 e. The first-order valence-corrected chi connectivity index (χ1v) is 5.12. The predicted molar refractivity (Wildman–Crippen MR) is 58.4 cm³/mol. The van der Waals surface area contributed by atoms with Gasteiger partial charge in [0.05, 0.1) is 5.56 Å². The summed E-state index contributed by atoms with van der Waals surface area (Å²) in [4.78, 5) is 25.8. The fourth-order valence-corrected chi connectivity index (χ4v) is 1.12. The van der Waals surface area contributed by atoms with E-state index in [1.165, 1.54) is 18.3 Å². The SMILES string of the molecule is CCCCNC(=O)c1ccc(C(=O)O)cn1. The van der Waals surface area contributed by atoms with Crippen LogP contribution < -0.4 is 5.32 Å². The van der Waals surface area contributed by atoms with Crippen molar-refractivity contribution in [2.24, 2.45) is 0 Å². The number of hydrogen-bond donors (Lipinski definition) is 2. The van der Waals surface area contributed by atoms with Crippen LogP contribution in [-0.2, 0) is 0 Å². The van der Waals surface area contributed by atoms with E-state index in [2.05, 4.69) is 10.3 Å². The molecule has 1 amide bonds. The molecule has 0 aliphatic rings. The van der Waals surface area contributed by atoms with Gasteiger partial charge in [-0.3, -0.25) is 9.78 Å². The Hall–Kier alpha value is -1.91. The first-order chi connectivity index (χ1) is 7.65. The second kappa shape index (κ2) is 5.85. The summed E-state index contributed by atoms with van der Waals surface area (Å²) in [5.74, 6) is -1.32. The van der Waals surface area contributed by atoms with Gasteiger partial charge in [-0.1, -0.05) is 13.3 Å². The highest BCUT2D eigenvalue weighted by Gasteiger charge is 2.08. The highest BCUT2D eigenvalue weighted by molar-refractivity contribution is 5.93. The Labute approximate surface area is 93.5 Å². The van der Waals surface area contributed by atoms with E-state index in [1.807, 2.05) is 6.92 Å². The van der Waals surface area contributed by atoms with Gasteiger partial charge in [-0.2, -0.15) is 0 Å². The Kier molecular flexibility index (Phi) is 4.44. The minimum Gasteiger partial charge on any atom is -0.478 e. The summed E-state index contributed by atoms with van der Waals surface area (Å²) in [5, 5.41) is 11.3. The van der Waals surface area contributed by atoms with E-state index in [1.54, 1.807) is 0 Å². The topological polar surface area (TPSA) is 79.3 Å². The number of pyridine rings is 1. The molecule has 0 aliphatic heterocycles. The van der Waals surface area contributed by atoms with Crippen LogP contribution in [0.1, 0.15) is 40.6 Å². The van der Waals surface area contributed by atoms with Crippen LogP contribution in [0.25, 0.3) is 0 Å². The van der Waals surface area contributed by atoms with Crippen LogP contribution in [0.4, 0.5) is 0 Å². The lowest BCUT2D eigenvalue weighted by Crippen LogP contribution is -2.25. The molecule has 0 fully saturated rings. The van der Waals surface area contributed by atoms with Crippen molar-refractivity contribution >= 4 is 11.9 Å². The molecule has 0 aliphatic carbocycles. The third kappa shape index (κ3) is 3.34. The quantitative estimate of drug-likeness (QED) is 0.736. The van der Waals surface area contributed by atoms with E-state index in [-0.39, 0.29) is 17.2 Å². The zero-order valence-corrected chi connectivity index (χ0v) is 9.06. The number of nitrogens with zero attached hydrogens (tertiary/aromatic N) is 1. The van der Waals surface area contributed by atoms with Gasteiger partial charge >= 0.3 is 5.97 Å². The lowest BCUT2D eigenvalue weighted by Gasteiger charge is -2.03. The fourth-order valence-electron chi connectivity index (χ4n) is 1.12. The molecule has 0 saturated carbocycles. The number of carbonyl (C=O) groups is 2. The molecular weight excluding hydrogens is 208 g/mol. The molecule has 0 saturated heterocycles. The Balaban J connectivity index is 2.59. The number of rotatable bonds is 5. The molecule has 0 bridgehead atoms. The summed E-state index contributed by atoms with van der Waals surface area (Å²) in [6.07, 6.45) is 3.10. The maximum atomic E-state index is 11.5. The summed E-state index contributed by atoms with van der Waals surface area (Å²) in [6.45, 7) is 2.64. The van der Waals surface area contributed by atoms with Gasteiger partial charge in [-0.25, -0.2) is 4.79 Å². The average molecular weight is 222 g/mol. The first-order valence-electron chi connectivity index (χ1n) is 5.12. The van der Waals surface area contributed by atoms with Crippen LogP contribution in [0.3, 0.4) is 0 Å². The highest BCUT2D eigenvalue weighted by atomic mass is 16.4. The van der Waals surface area contributed by atoms with Crippen LogP contribution in [0, 0.1) is 0 Å². The van der Waals surface area contributed by atoms with Gasteiger partial charge in [-0.15, -0.1) is 0 Å². The first kappa shape index (κ1) is 12.2. The second-order valence-corrected chi connectivity index (χ2v) is 3.35. The number of amides is 1. The minimum absolute atomic E-state index is 0.0742. The van der Waals surface area contributed by atoms with Gasteiger partial charge in [-0.05, 0) is 18.6 Å². The maximum absolute atomic E-state index is 11.5. The van der Waals surface area contributed by atoms with E-state index >= 15 is 0 Å². The Bertz CT molecular complexity index is 373. The van der Waals surface area contributed by atoms with Crippen LogP contribution in [0.2, 0.25) is 0 Å². The van der Waals surface area contributed by atoms with E-state index in [0.717, 1.165) is 12.8 Å². The lowest BCUT2D eigenvalue weighted by atomic mass is 10.2. The Morgan fingerprint density at radius 1 is 1.44 bits per heavy atom. The Morgan fingerprint density at radius 3 is 2.69 bits per heavy atom. The molecule has 1 aromatic heterocycles. The zero-order valence-electron chi connectivity index (χ0n) is 9.06. The van der Waals surface area contributed by atoms with Gasteiger partial charge in [0.2, 0.25) is 0 Å². The molecule has 1 rings (SSSR count). The van der Waals surface area contributed by atoms with Crippen molar-refractivity contribution in [3.05, 3.63) is 29.6 Å². The van der Waals surface area contributed by atoms with E-state index in [0.29, 0.717) is 6.54 Å². The molecule has 0 aromatic carbocycles. The third-order valence-electron chi connectivity index (χ3n) is 2.06. The van der Waals surface area contributed by atoms with Crippen molar-refractivity contribution < 1.29 is 14.7 Å². The number of aromatic carboxylic acids is 1. The summed E-state index contributed by atoms with van der Waals surface area (Å²) in [7, 11) is 0. The summed E-state index contributed by atoms with van der Waals surface area (Å²) in [6, 6.07) is 2.77. The number of aromatic nitrogens is 1. The van der Waals surface area contributed by atoms with E-state index in [4.69, 9.17) is 5.11 Å². The number of carbonyl (C=O) groups excluding carboxylic acids is 1. The minimum atomic E-state index is -1.05. The molecule has 16 heavy (non-hydrogen) atoms. The van der Waals surface area contributed by atoms with Crippen molar-refractivity contribution in [2.45, 2.75) is 19.8 Å². The normalized spacial score (nSPS) is 9.81. The van der Waals surface area contributed by atoms with E-state index in [9.17, 15) is 9.59 Å². The van der Waals surface area contributed by atoms with Crippen LogP contribution >= 0.6 is 0 Å². The van der Waals surface area contributed by atoms with Crippen LogP contribution in [-0.4, -0.2) is 28.5 Å². The molecule has 1 heterocycles. The van der Waals surface area contributed by atoms with Gasteiger partial charge in [0.25, 0.3) is 5.91 Å². The number of carboxylic acid groups (broad SMARTS) is 1. The monoisotopic (exact) mass is 222 g/mol. The molecule has 5 nitrogen and oxygen atoms in total. The highest BCUT2D eigenvalue weighted by Crippen LogP contribution is 2.00. The summed E-state index contributed by atoms with van der Waals surface area (Å²) < 4.78 is 0.